The summed E-state index contributed by atoms with van der Waals surface area (Å²) in [5, 5.41) is 8.48. The average molecular weight is 753 g/mol. The lowest BCUT2D eigenvalue weighted by Gasteiger charge is -2.19. The summed E-state index contributed by atoms with van der Waals surface area (Å²) in [4.78, 5) is 11.6. The van der Waals surface area contributed by atoms with Crippen molar-refractivity contribution in [3.63, 3.8) is 0 Å². The molecule has 1 heterocycles. The van der Waals surface area contributed by atoms with Crippen LogP contribution in [-0.2, 0) is 4.57 Å². The summed E-state index contributed by atoms with van der Waals surface area (Å²) in [6, 6.07) is 66.6. The first-order valence-corrected chi connectivity index (χ1v) is 20.5. The number of hydrogen-bond donors (Lipinski definition) is 1. The molecule has 1 aliphatic heterocycles. The Balaban J connectivity index is 1.10. The molecule has 0 amide bonds. The molecule has 11 rings (SSSR count). The minimum Gasteiger partial charge on any atom is -0.394 e. The standard InChI is InChI=1S/C52H33O4P/c53-57(54)55-51-47(37-23-17-35(18-24-37)41-27-21-33-9-1-3-11-39(33)29-41)31-43-13-5-7-15-45(43)49(51)50-46-16-8-6-14-44(46)32-48(52(50)56-57)38-25-19-36(20-26-38)42-28-22-34-10-2-4-12-40(34)30-42/h1-32H,(H,53,54). The highest BCUT2D eigenvalue weighted by Gasteiger charge is 2.37. The summed E-state index contributed by atoms with van der Waals surface area (Å²) in [6.07, 6.45) is 0. The van der Waals surface area contributed by atoms with Gasteiger partial charge in [0.1, 0.15) is 11.5 Å². The minimum absolute atomic E-state index is 0.311. The molecule has 1 aliphatic rings. The first-order chi connectivity index (χ1) is 28.0. The van der Waals surface area contributed by atoms with Crippen molar-refractivity contribution in [3.05, 3.63) is 194 Å². The fraction of sp³-hybridized carbons (Fsp3) is 0. The molecule has 57 heavy (non-hydrogen) atoms. The van der Waals surface area contributed by atoms with E-state index in [9.17, 15) is 9.46 Å². The summed E-state index contributed by atoms with van der Waals surface area (Å²) < 4.78 is 26.7. The van der Waals surface area contributed by atoms with Crippen molar-refractivity contribution in [2.75, 3.05) is 0 Å². The fourth-order valence-electron chi connectivity index (χ4n) is 8.44. The van der Waals surface area contributed by atoms with E-state index in [0.29, 0.717) is 33.8 Å². The van der Waals surface area contributed by atoms with Crippen LogP contribution >= 0.6 is 7.82 Å². The van der Waals surface area contributed by atoms with Crippen LogP contribution in [0, 0.1) is 0 Å². The average Bonchev–Trinajstić information content (AvgIpc) is 3.39. The number of rotatable bonds is 4. The van der Waals surface area contributed by atoms with Gasteiger partial charge in [-0.05, 0) is 101 Å². The van der Waals surface area contributed by atoms with Crippen molar-refractivity contribution in [2.45, 2.75) is 0 Å². The summed E-state index contributed by atoms with van der Waals surface area (Å²) in [5.74, 6) is 0.622. The number of phosphoric acid groups is 1. The van der Waals surface area contributed by atoms with Gasteiger partial charge in [-0.1, -0.05) is 170 Å². The van der Waals surface area contributed by atoms with E-state index in [4.69, 9.17) is 9.05 Å². The van der Waals surface area contributed by atoms with Crippen LogP contribution in [0.5, 0.6) is 11.5 Å². The van der Waals surface area contributed by atoms with Gasteiger partial charge in [0.05, 0.1) is 0 Å². The molecule has 5 heteroatoms. The van der Waals surface area contributed by atoms with Crippen LogP contribution in [-0.4, -0.2) is 4.89 Å². The van der Waals surface area contributed by atoms with Crippen molar-refractivity contribution in [2.24, 2.45) is 0 Å². The van der Waals surface area contributed by atoms with Gasteiger partial charge in [0.2, 0.25) is 0 Å². The smallest absolute Gasteiger partial charge is 0.394 e. The van der Waals surface area contributed by atoms with E-state index in [1.165, 1.54) is 21.5 Å². The van der Waals surface area contributed by atoms with E-state index in [1.807, 2.05) is 60.7 Å². The molecule has 0 radical (unpaired) electrons. The molecule has 270 valence electrons. The highest BCUT2D eigenvalue weighted by Crippen LogP contribution is 2.61. The van der Waals surface area contributed by atoms with Gasteiger partial charge in [-0.25, -0.2) is 4.57 Å². The number of hydrogen-bond acceptors (Lipinski definition) is 3. The lowest BCUT2D eigenvalue weighted by molar-refractivity contribution is 0.295. The summed E-state index contributed by atoms with van der Waals surface area (Å²) in [7, 11) is -4.71. The Morgan fingerprint density at radius 1 is 0.333 bits per heavy atom. The SMILES string of the molecule is O=P1(O)Oc2c(-c3ccc(-c4ccc5ccccc5c4)cc3)cc3ccccc3c2-c2c(c(-c3ccc(-c4ccc5ccccc5c4)cc3)cc3ccccc23)O1. The molecule has 0 atom stereocenters. The van der Waals surface area contributed by atoms with Crippen molar-refractivity contribution >= 4 is 50.9 Å². The molecule has 0 aromatic heterocycles. The van der Waals surface area contributed by atoms with Gasteiger partial charge < -0.3 is 9.05 Å². The molecule has 10 aromatic rings. The zero-order chi connectivity index (χ0) is 38.1. The predicted octanol–water partition coefficient (Wildman–Crippen LogP) is 14.5. The second-order valence-corrected chi connectivity index (χ2v) is 15.9. The molecule has 0 spiro atoms. The quantitative estimate of drug-likeness (QED) is 0.182. The van der Waals surface area contributed by atoms with E-state index in [-0.39, 0.29) is 0 Å². The molecule has 0 bridgehead atoms. The molecule has 0 unspecified atom stereocenters. The minimum atomic E-state index is -4.71. The first-order valence-electron chi connectivity index (χ1n) is 19.0. The molecule has 10 aromatic carbocycles. The van der Waals surface area contributed by atoms with Gasteiger partial charge in [0.25, 0.3) is 0 Å². The van der Waals surface area contributed by atoms with E-state index < -0.39 is 7.82 Å². The maximum Gasteiger partial charge on any atom is 0.584 e. The van der Waals surface area contributed by atoms with Crippen molar-refractivity contribution in [1.29, 1.82) is 0 Å². The van der Waals surface area contributed by atoms with Gasteiger partial charge in [0.15, 0.2) is 0 Å². The first kappa shape index (κ1) is 33.4. The van der Waals surface area contributed by atoms with Crippen LogP contribution in [0.4, 0.5) is 0 Å². The Bertz CT molecular complexity index is 3060. The molecule has 0 saturated heterocycles. The zero-order valence-electron chi connectivity index (χ0n) is 30.6. The highest BCUT2D eigenvalue weighted by atomic mass is 31.2. The number of fused-ring (bicyclic) bond motifs is 9. The van der Waals surface area contributed by atoms with E-state index >= 15 is 0 Å². The summed E-state index contributed by atoms with van der Waals surface area (Å²) >= 11 is 0. The van der Waals surface area contributed by atoms with Gasteiger partial charge in [-0.3, -0.25) is 4.89 Å². The Hall–Kier alpha value is -6.97. The van der Waals surface area contributed by atoms with Crippen LogP contribution in [0.1, 0.15) is 0 Å². The molecule has 0 aliphatic carbocycles. The van der Waals surface area contributed by atoms with E-state index in [1.54, 1.807) is 0 Å². The molecule has 4 nitrogen and oxygen atoms in total. The topological polar surface area (TPSA) is 55.8 Å². The van der Waals surface area contributed by atoms with Crippen molar-refractivity contribution in [3.8, 4) is 67.1 Å². The third-order valence-electron chi connectivity index (χ3n) is 11.2. The van der Waals surface area contributed by atoms with Gasteiger partial charge in [-0.2, -0.15) is 0 Å². The lowest BCUT2D eigenvalue weighted by atomic mass is 9.86. The Morgan fingerprint density at radius 3 is 1.09 bits per heavy atom. The fourth-order valence-corrected chi connectivity index (χ4v) is 9.32. The van der Waals surface area contributed by atoms with Crippen LogP contribution in [0.3, 0.4) is 0 Å². The second kappa shape index (κ2) is 13.1. The second-order valence-electron chi connectivity index (χ2n) is 14.6. The van der Waals surface area contributed by atoms with Crippen molar-refractivity contribution < 1.29 is 18.5 Å². The molecular weight excluding hydrogens is 720 g/mol. The van der Waals surface area contributed by atoms with Crippen LogP contribution in [0.15, 0.2) is 194 Å². The predicted molar refractivity (Wildman–Crippen MR) is 235 cm³/mol. The Kier molecular flexibility index (Phi) is 7.65. The zero-order valence-corrected chi connectivity index (χ0v) is 31.5. The van der Waals surface area contributed by atoms with Crippen LogP contribution < -0.4 is 9.05 Å². The summed E-state index contributed by atoms with van der Waals surface area (Å²) in [5.41, 5.74) is 8.92. The maximum absolute atomic E-state index is 14.2. The third kappa shape index (κ3) is 5.78. The number of phosphoric ester groups is 1. The lowest BCUT2D eigenvalue weighted by Crippen LogP contribution is -2.00. The summed E-state index contributed by atoms with van der Waals surface area (Å²) in [6.45, 7) is 0. The van der Waals surface area contributed by atoms with Crippen LogP contribution in [0.2, 0.25) is 0 Å². The van der Waals surface area contributed by atoms with E-state index in [2.05, 4.69) is 133 Å². The number of benzene rings is 10. The maximum atomic E-state index is 14.2. The van der Waals surface area contributed by atoms with Gasteiger partial charge in [0, 0.05) is 22.3 Å². The molecule has 0 saturated carbocycles. The normalized spacial score (nSPS) is 13.1. The largest absolute Gasteiger partial charge is 0.584 e. The van der Waals surface area contributed by atoms with Crippen molar-refractivity contribution in [1.82, 2.24) is 0 Å². The van der Waals surface area contributed by atoms with Gasteiger partial charge in [-0.15, -0.1) is 0 Å². The third-order valence-corrected chi connectivity index (χ3v) is 12.1. The molecule has 0 fully saturated rings. The molecular formula is C52H33O4P. The highest BCUT2D eigenvalue weighted by molar-refractivity contribution is 7.48. The monoisotopic (exact) mass is 752 g/mol. The Labute approximate surface area is 329 Å². The molecule has 1 N–H and O–H groups in total. The van der Waals surface area contributed by atoms with Gasteiger partial charge >= 0.3 is 7.82 Å². The van der Waals surface area contributed by atoms with E-state index in [0.717, 1.165) is 54.9 Å². The van der Waals surface area contributed by atoms with Crippen LogP contribution in [0.25, 0.3) is 98.7 Å². The Morgan fingerprint density at radius 2 is 0.667 bits per heavy atom.